The number of halogens is 1. The SMILES string of the molecule is CCC(C=N)N=C(C)/C=C\CCBr. The van der Waals surface area contributed by atoms with Gasteiger partial charge in [-0.2, -0.15) is 0 Å². The standard InChI is InChI=1S/C10H17BrN2/c1-3-10(8-12)13-9(2)6-4-5-7-11/h4,6,8,10,12H,3,5,7H2,1-2H3/b6-4-,12-8?,13-9?. The molecule has 1 N–H and O–H groups in total. The summed E-state index contributed by atoms with van der Waals surface area (Å²) in [5, 5.41) is 8.09. The molecular weight excluding hydrogens is 228 g/mol. The van der Waals surface area contributed by atoms with Crippen molar-refractivity contribution in [3.05, 3.63) is 12.2 Å². The Morgan fingerprint density at radius 3 is 2.77 bits per heavy atom. The maximum Gasteiger partial charge on any atom is 0.0843 e. The first-order valence-corrected chi connectivity index (χ1v) is 5.64. The van der Waals surface area contributed by atoms with Gasteiger partial charge in [0.05, 0.1) is 6.04 Å². The van der Waals surface area contributed by atoms with Crippen molar-refractivity contribution in [3.8, 4) is 0 Å². The Morgan fingerprint density at radius 2 is 2.31 bits per heavy atom. The number of hydrogen-bond acceptors (Lipinski definition) is 2. The van der Waals surface area contributed by atoms with E-state index in [4.69, 9.17) is 5.41 Å². The maximum atomic E-state index is 7.10. The van der Waals surface area contributed by atoms with E-state index in [0.29, 0.717) is 0 Å². The molecule has 0 aliphatic rings. The number of nitrogens with one attached hydrogen (secondary N) is 1. The van der Waals surface area contributed by atoms with Gasteiger partial charge < -0.3 is 5.41 Å². The Kier molecular flexibility index (Phi) is 7.90. The van der Waals surface area contributed by atoms with Gasteiger partial charge in [-0.1, -0.05) is 28.9 Å². The van der Waals surface area contributed by atoms with Gasteiger partial charge in [-0.05, 0) is 25.8 Å². The van der Waals surface area contributed by atoms with Crippen LogP contribution in [-0.2, 0) is 0 Å². The van der Waals surface area contributed by atoms with E-state index in [9.17, 15) is 0 Å². The fraction of sp³-hybridized carbons (Fsp3) is 0.600. The van der Waals surface area contributed by atoms with Gasteiger partial charge in [-0.25, -0.2) is 0 Å². The molecule has 0 bridgehead atoms. The molecule has 1 atom stereocenters. The molecule has 3 heteroatoms. The zero-order valence-electron chi connectivity index (χ0n) is 8.26. The van der Waals surface area contributed by atoms with Crippen LogP contribution in [0.2, 0.25) is 0 Å². The minimum Gasteiger partial charge on any atom is -0.311 e. The molecular formula is C10H17BrN2. The number of alkyl halides is 1. The first-order chi connectivity index (χ1) is 6.24. The van der Waals surface area contributed by atoms with E-state index in [0.717, 1.165) is 23.9 Å². The Morgan fingerprint density at radius 1 is 1.62 bits per heavy atom. The molecule has 0 rings (SSSR count). The number of nitrogens with zero attached hydrogens (tertiary/aromatic N) is 1. The van der Waals surface area contributed by atoms with E-state index in [1.807, 2.05) is 19.9 Å². The lowest BCUT2D eigenvalue weighted by molar-refractivity contribution is 0.831. The van der Waals surface area contributed by atoms with Crippen LogP contribution >= 0.6 is 15.9 Å². The van der Waals surface area contributed by atoms with Crippen LogP contribution in [0.3, 0.4) is 0 Å². The summed E-state index contributed by atoms with van der Waals surface area (Å²) >= 11 is 3.35. The van der Waals surface area contributed by atoms with Crippen molar-refractivity contribution in [1.82, 2.24) is 0 Å². The molecule has 1 unspecified atom stereocenters. The second-order valence-corrected chi connectivity index (χ2v) is 3.59. The Hall–Kier alpha value is -0.440. The third-order valence-electron chi connectivity index (χ3n) is 1.61. The minimum atomic E-state index is 0.0496. The number of aliphatic imine (C=N–C) groups is 1. The van der Waals surface area contributed by atoms with Gasteiger partial charge in [0.1, 0.15) is 0 Å². The van der Waals surface area contributed by atoms with Crippen molar-refractivity contribution >= 4 is 27.9 Å². The molecule has 0 radical (unpaired) electrons. The third-order valence-corrected chi connectivity index (χ3v) is 2.07. The highest BCUT2D eigenvalue weighted by Crippen LogP contribution is 1.96. The quantitative estimate of drug-likeness (QED) is 0.551. The molecule has 0 heterocycles. The topological polar surface area (TPSA) is 36.2 Å². The van der Waals surface area contributed by atoms with E-state index >= 15 is 0 Å². The fourth-order valence-corrected chi connectivity index (χ4v) is 1.13. The normalized spacial score (nSPS) is 14.8. The summed E-state index contributed by atoms with van der Waals surface area (Å²) in [5.74, 6) is 0. The van der Waals surface area contributed by atoms with Gasteiger partial charge in [-0.3, -0.25) is 4.99 Å². The maximum absolute atomic E-state index is 7.10. The first-order valence-electron chi connectivity index (χ1n) is 4.52. The average Bonchev–Trinajstić information content (AvgIpc) is 2.14. The molecule has 0 aromatic heterocycles. The molecule has 2 nitrogen and oxygen atoms in total. The summed E-state index contributed by atoms with van der Waals surface area (Å²) in [4.78, 5) is 4.36. The van der Waals surface area contributed by atoms with Crippen molar-refractivity contribution in [3.63, 3.8) is 0 Å². The third kappa shape index (κ3) is 6.70. The van der Waals surface area contributed by atoms with Crippen LogP contribution in [0.4, 0.5) is 0 Å². The predicted molar refractivity (Wildman–Crippen MR) is 63.5 cm³/mol. The van der Waals surface area contributed by atoms with Gasteiger partial charge in [0, 0.05) is 17.3 Å². The summed E-state index contributed by atoms with van der Waals surface area (Å²) in [6.45, 7) is 4.01. The van der Waals surface area contributed by atoms with Crippen LogP contribution in [0.5, 0.6) is 0 Å². The van der Waals surface area contributed by atoms with Crippen LogP contribution in [0, 0.1) is 5.41 Å². The number of allylic oxidation sites excluding steroid dienone is 2. The Balaban J connectivity index is 4.05. The van der Waals surface area contributed by atoms with Crippen molar-refractivity contribution in [2.75, 3.05) is 5.33 Å². The largest absolute Gasteiger partial charge is 0.311 e. The number of hydrogen-bond donors (Lipinski definition) is 1. The highest BCUT2D eigenvalue weighted by atomic mass is 79.9. The smallest absolute Gasteiger partial charge is 0.0843 e. The molecule has 0 fully saturated rings. The van der Waals surface area contributed by atoms with Crippen molar-refractivity contribution in [2.24, 2.45) is 4.99 Å². The summed E-state index contributed by atoms with van der Waals surface area (Å²) < 4.78 is 0. The highest BCUT2D eigenvalue weighted by Gasteiger charge is 1.96. The van der Waals surface area contributed by atoms with E-state index in [1.165, 1.54) is 6.21 Å². The van der Waals surface area contributed by atoms with Crippen molar-refractivity contribution in [2.45, 2.75) is 32.7 Å². The van der Waals surface area contributed by atoms with E-state index in [1.54, 1.807) is 0 Å². The van der Waals surface area contributed by atoms with Crippen LogP contribution < -0.4 is 0 Å². The lowest BCUT2D eigenvalue weighted by Crippen LogP contribution is -2.05. The molecule has 0 saturated heterocycles. The first kappa shape index (κ1) is 12.6. The lowest BCUT2D eigenvalue weighted by Gasteiger charge is -2.01. The zero-order valence-corrected chi connectivity index (χ0v) is 9.84. The van der Waals surface area contributed by atoms with Crippen LogP contribution in [-0.4, -0.2) is 23.3 Å². The molecule has 0 aromatic rings. The second-order valence-electron chi connectivity index (χ2n) is 2.79. The highest BCUT2D eigenvalue weighted by molar-refractivity contribution is 9.09. The Labute approximate surface area is 88.8 Å². The van der Waals surface area contributed by atoms with Crippen molar-refractivity contribution < 1.29 is 0 Å². The minimum absolute atomic E-state index is 0.0496. The van der Waals surface area contributed by atoms with Gasteiger partial charge in [-0.15, -0.1) is 0 Å². The van der Waals surface area contributed by atoms with Crippen molar-refractivity contribution in [1.29, 1.82) is 5.41 Å². The molecule has 0 aliphatic heterocycles. The van der Waals surface area contributed by atoms with Gasteiger partial charge in [0.25, 0.3) is 0 Å². The summed E-state index contributed by atoms with van der Waals surface area (Å²) in [6.07, 6.45) is 7.40. The summed E-state index contributed by atoms with van der Waals surface area (Å²) in [7, 11) is 0. The average molecular weight is 245 g/mol. The second kappa shape index (κ2) is 8.17. The molecule has 74 valence electrons. The summed E-state index contributed by atoms with van der Waals surface area (Å²) in [5.41, 5.74) is 0.997. The van der Waals surface area contributed by atoms with Crippen LogP contribution in [0.15, 0.2) is 17.1 Å². The molecule has 0 saturated carbocycles. The molecule has 0 aromatic carbocycles. The predicted octanol–water partition coefficient (Wildman–Crippen LogP) is 3.22. The molecule has 0 spiro atoms. The zero-order chi connectivity index (χ0) is 10.1. The summed E-state index contributed by atoms with van der Waals surface area (Å²) in [6, 6.07) is 0.0496. The Bertz CT molecular complexity index is 197. The van der Waals surface area contributed by atoms with Gasteiger partial charge >= 0.3 is 0 Å². The fourth-order valence-electron chi connectivity index (χ4n) is 0.868. The monoisotopic (exact) mass is 244 g/mol. The van der Waals surface area contributed by atoms with E-state index in [2.05, 4.69) is 27.0 Å². The van der Waals surface area contributed by atoms with Crippen LogP contribution in [0.25, 0.3) is 0 Å². The van der Waals surface area contributed by atoms with Gasteiger partial charge in [0.15, 0.2) is 0 Å². The molecule has 0 aliphatic carbocycles. The van der Waals surface area contributed by atoms with Gasteiger partial charge in [0.2, 0.25) is 0 Å². The van der Waals surface area contributed by atoms with E-state index < -0.39 is 0 Å². The lowest BCUT2D eigenvalue weighted by atomic mass is 10.2. The molecule has 0 amide bonds. The molecule has 13 heavy (non-hydrogen) atoms. The van der Waals surface area contributed by atoms with E-state index in [-0.39, 0.29) is 6.04 Å². The van der Waals surface area contributed by atoms with Crippen LogP contribution in [0.1, 0.15) is 26.7 Å². The number of rotatable bonds is 6.